The highest BCUT2D eigenvalue weighted by Gasteiger charge is 2.29. The number of carbonyl (C=O) groups is 1. The van der Waals surface area contributed by atoms with Gasteiger partial charge in [-0.05, 0) is 25.0 Å². The predicted octanol–water partition coefficient (Wildman–Crippen LogP) is 2.77. The smallest absolute Gasteiger partial charge is 0.322 e. The number of nitrogens with zero attached hydrogens (tertiary/aromatic N) is 1. The third-order valence-corrected chi connectivity index (χ3v) is 6.95. The highest BCUT2D eigenvalue weighted by atomic mass is 79.9. The van der Waals surface area contributed by atoms with Crippen LogP contribution in [-0.4, -0.2) is 44.0 Å². The van der Waals surface area contributed by atoms with Crippen molar-refractivity contribution in [2.24, 2.45) is 0 Å². The van der Waals surface area contributed by atoms with E-state index in [9.17, 15) is 13.2 Å². The van der Waals surface area contributed by atoms with E-state index >= 15 is 0 Å². The second-order valence-corrected chi connectivity index (χ2v) is 8.69. The van der Waals surface area contributed by atoms with Crippen LogP contribution in [0, 0.1) is 13.8 Å². The Labute approximate surface area is 148 Å². The second kappa shape index (κ2) is 8.31. The molecule has 0 aliphatic rings. The van der Waals surface area contributed by atoms with Gasteiger partial charge < -0.3 is 4.74 Å². The Bertz CT molecular complexity index is 613. The molecule has 0 bridgehead atoms. The first kappa shape index (κ1) is 19.4. The van der Waals surface area contributed by atoms with Crippen molar-refractivity contribution >= 4 is 53.5 Å². The standard InChI is InChI=1S/C14H19Br2NO4S/c1-10-5-4-6-11(2)14(10)17(8-12(16)7-15)22(19,20)9-13(18)21-3/h4-6,12H,7-9H2,1-3H3. The van der Waals surface area contributed by atoms with Crippen LogP contribution in [-0.2, 0) is 19.6 Å². The molecule has 0 aliphatic carbocycles. The highest BCUT2D eigenvalue weighted by Crippen LogP contribution is 2.28. The van der Waals surface area contributed by atoms with Crippen molar-refractivity contribution in [3.63, 3.8) is 0 Å². The predicted molar refractivity (Wildman–Crippen MR) is 95.6 cm³/mol. The molecule has 0 amide bonds. The van der Waals surface area contributed by atoms with Crippen LogP contribution in [0.2, 0.25) is 0 Å². The summed E-state index contributed by atoms with van der Waals surface area (Å²) in [6.45, 7) is 3.91. The number of aryl methyl sites for hydroxylation is 2. The van der Waals surface area contributed by atoms with Crippen LogP contribution in [0.3, 0.4) is 0 Å². The molecular formula is C14H19Br2NO4S. The Balaban J connectivity index is 3.33. The molecule has 0 fully saturated rings. The van der Waals surface area contributed by atoms with Crippen LogP contribution < -0.4 is 4.31 Å². The number of methoxy groups -OCH3 is 1. The molecule has 5 nitrogen and oxygen atoms in total. The number of halogens is 2. The Kier molecular flexibility index (Phi) is 7.34. The summed E-state index contributed by atoms with van der Waals surface area (Å²) >= 11 is 6.75. The van der Waals surface area contributed by atoms with Gasteiger partial charge in [0.25, 0.3) is 0 Å². The number of hydrogen-bond donors (Lipinski definition) is 0. The average molecular weight is 457 g/mol. The molecule has 22 heavy (non-hydrogen) atoms. The fourth-order valence-electron chi connectivity index (χ4n) is 2.06. The van der Waals surface area contributed by atoms with E-state index in [1.807, 2.05) is 32.0 Å². The number of sulfonamides is 1. The summed E-state index contributed by atoms with van der Waals surface area (Å²) < 4.78 is 31.1. The first-order valence-electron chi connectivity index (χ1n) is 6.56. The monoisotopic (exact) mass is 455 g/mol. The van der Waals surface area contributed by atoms with Gasteiger partial charge in [-0.15, -0.1) is 0 Å². The third-order valence-electron chi connectivity index (χ3n) is 3.08. The zero-order valence-electron chi connectivity index (χ0n) is 12.7. The van der Waals surface area contributed by atoms with Gasteiger partial charge in [0.05, 0.1) is 12.8 Å². The molecule has 0 spiro atoms. The number of hydrogen-bond acceptors (Lipinski definition) is 4. The number of alkyl halides is 2. The Hall–Kier alpha value is -0.600. The Morgan fingerprint density at radius 3 is 2.32 bits per heavy atom. The van der Waals surface area contributed by atoms with Gasteiger partial charge in [-0.3, -0.25) is 9.10 Å². The van der Waals surface area contributed by atoms with Crippen LogP contribution in [0.15, 0.2) is 18.2 Å². The molecule has 124 valence electrons. The van der Waals surface area contributed by atoms with E-state index in [1.54, 1.807) is 0 Å². The van der Waals surface area contributed by atoms with E-state index in [1.165, 1.54) is 11.4 Å². The minimum atomic E-state index is -3.83. The molecule has 0 aromatic heterocycles. The van der Waals surface area contributed by atoms with Crippen LogP contribution in [0.25, 0.3) is 0 Å². The minimum Gasteiger partial charge on any atom is -0.468 e. The molecule has 1 atom stereocenters. The summed E-state index contributed by atoms with van der Waals surface area (Å²) in [6.07, 6.45) is 0. The molecule has 0 saturated heterocycles. The van der Waals surface area contributed by atoms with Crippen molar-refractivity contribution in [3.8, 4) is 0 Å². The molecule has 0 heterocycles. The molecule has 8 heteroatoms. The molecule has 0 radical (unpaired) electrons. The van der Waals surface area contributed by atoms with Crippen LogP contribution in [0.5, 0.6) is 0 Å². The van der Waals surface area contributed by atoms with Crippen LogP contribution in [0.1, 0.15) is 11.1 Å². The van der Waals surface area contributed by atoms with Gasteiger partial charge in [-0.25, -0.2) is 8.42 Å². The van der Waals surface area contributed by atoms with Crippen molar-refractivity contribution in [1.82, 2.24) is 0 Å². The topological polar surface area (TPSA) is 63.7 Å². The van der Waals surface area contributed by atoms with Crippen LogP contribution in [0.4, 0.5) is 5.69 Å². The molecule has 1 aromatic carbocycles. The molecule has 0 N–H and O–H groups in total. The minimum absolute atomic E-state index is 0.0843. The summed E-state index contributed by atoms with van der Waals surface area (Å²) in [5, 5.41) is 0.585. The van der Waals surface area contributed by atoms with Crippen molar-refractivity contribution in [1.29, 1.82) is 0 Å². The van der Waals surface area contributed by atoms with Gasteiger partial charge in [0, 0.05) is 16.7 Å². The number of anilines is 1. The molecule has 1 unspecified atom stereocenters. The van der Waals surface area contributed by atoms with E-state index in [2.05, 4.69) is 36.6 Å². The maximum Gasteiger partial charge on any atom is 0.322 e. The Morgan fingerprint density at radius 2 is 1.86 bits per heavy atom. The fourth-order valence-corrected chi connectivity index (χ4v) is 4.29. The zero-order chi connectivity index (χ0) is 16.9. The van der Waals surface area contributed by atoms with Gasteiger partial charge in [0.1, 0.15) is 0 Å². The number of rotatable bonds is 7. The van der Waals surface area contributed by atoms with Gasteiger partial charge in [0.2, 0.25) is 10.0 Å². The van der Waals surface area contributed by atoms with Crippen molar-refractivity contribution in [2.75, 3.05) is 29.0 Å². The lowest BCUT2D eigenvalue weighted by molar-refractivity contribution is -0.137. The quantitative estimate of drug-likeness (QED) is 0.467. The molecule has 0 saturated carbocycles. The normalized spacial score (nSPS) is 12.8. The number of carbonyl (C=O) groups excluding carboxylic acids is 1. The van der Waals surface area contributed by atoms with Crippen molar-refractivity contribution in [2.45, 2.75) is 18.7 Å². The third kappa shape index (κ3) is 4.96. The largest absolute Gasteiger partial charge is 0.468 e. The highest BCUT2D eigenvalue weighted by molar-refractivity contribution is 9.12. The summed E-state index contributed by atoms with van der Waals surface area (Å²) in [5.41, 5.74) is 2.28. The van der Waals surface area contributed by atoms with Gasteiger partial charge >= 0.3 is 5.97 Å². The molecular weight excluding hydrogens is 438 g/mol. The Morgan fingerprint density at radius 1 is 1.32 bits per heavy atom. The summed E-state index contributed by atoms with van der Waals surface area (Å²) in [5.74, 6) is -1.46. The molecule has 1 rings (SSSR count). The lowest BCUT2D eigenvalue weighted by Crippen LogP contribution is -2.40. The van der Waals surface area contributed by atoms with E-state index in [-0.39, 0.29) is 11.4 Å². The lowest BCUT2D eigenvalue weighted by atomic mass is 10.1. The summed E-state index contributed by atoms with van der Waals surface area (Å²) in [7, 11) is -2.66. The van der Waals surface area contributed by atoms with Gasteiger partial charge in [-0.1, -0.05) is 50.1 Å². The SMILES string of the molecule is COC(=O)CS(=O)(=O)N(CC(Br)CBr)c1c(C)cccc1C. The molecule has 1 aromatic rings. The average Bonchev–Trinajstić information content (AvgIpc) is 2.45. The fraction of sp³-hybridized carbons (Fsp3) is 0.500. The summed E-state index contributed by atoms with van der Waals surface area (Å²) in [6, 6.07) is 5.57. The lowest BCUT2D eigenvalue weighted by Gasteiger charge is -2.28. The van der Waals surface area contributed by atoms with Crippen molar-refractivity contribution in [3.05, 3.63) is 29.3 Å². The van der Waals surface area contributed by atoms with Crippen molar-refractivity contribution < 1.29 is 17.9 Å². The van der Waals surface area contributed by atoms with E-state index in [0.717, 1.165) is 11.1 Å². The van der Waals surface area contributed by atoms with E-state index < -0.39 is 21.7 Å². The first-order valence-corrected chi connectivity index (χ1v) is 10.2. The van der Waals surface area contributed by atoms with Gasteiger partial charge in [0.15, 0.2) is 5.75 Å². The van der Waals surface area contributed by atoms with Crippen LogP contribution >= 0.6 is 31.9 Å². The van der Waals surface area contributed by atoms with E-state index in [4.69, 9.17) is 0 Å². The number of ether oxygens (including phenoxy) is 1. The maximum atomic E-state index is 12.6. The first-order chi connectivity index (χ1) is 10.2. The second-order valence-electron chi connectivity index (χ2n) is 4.86. The zero-order valence-corrected chi connectivity index (χ0v) is 16.7. The maximum absolute atomic E-state index is 12.6. The number of benzene rings is 1. The summed E-state index contributed by atoms with van der Waals surface area (Å²) in [4.78, 5) is 11.4. The van der Waals surface area contributed by atoms with Gasteiger partial charge in [-0.2, -0.15) is 0 Å². The number of para-hydroxylation sites is 1. The molecule has 0 aliphatic heterocycles. The van der Waals surface area contributed by atoms with E-state index in [0.29, 0.717) is 11.0 Å². The number of esters is 1.